The van der Waals surface area contributed by atoms with Crippen molar-refractivity contribution in [3.8, 4) is 0 Å². The first kappa shape index (κ1) is 14.3. The lowest BCUT2D eigenvalue weighted by Crippen LogP contribution is -2.56. The van der Waals surface area contributed by atoms with Gasteiger partial charge in [0.05, 0.1) is 16.8 Å². The molecule has 7 heteroatoms. The molecule has 2 rings (SSSR count). The normalized spacial score (nSPS) is 17.7. The van der Waals surface area contributed by atoms with Crippen LogP contribution in [0.5, 0.6) is 0 Å². The van der Waals surface area contributed by atoms with Gasteiger partial charge >= 0.3 is 6.18 Å². The van der Waals surface area contributed by atoms with Crippen molar-refractivity contribution in [3.63, 3.8) is 0 Å². The topological polar surface area (TPSA) is 55.1 Å². The largest absolute Gasteiger partial charge is 0.416 e. The summed E-state index contributed by atoms with van der Waals surface area (Å²) in [5.74, 6) is -0.446. The van der Waals surface area contributed by atoms with E-state index in [4.69, 9.17) is 5.73 Å². The van der Waals surface area contributed by atoms with Gasteiger partial charge in [-0.05, 0) is 53.4 Å². The number of nitrogens with two attached hydrogens (primary N) is 1. The highest BCUT2D eigenvalue weighted by Gasteiger charge is 2.40. The van der Waals surface area contributed by atoms with Crippen molar-refractivity contribution in [3.05, 3.63) is 28.2 Å². The molecular weight excluding hydrogens is 325 g/mol. The van der Waals surface area contributed by atoms with E-state index in [9.17, 15) is 18.0 Å². The van der Waals surface area contributed by atoms with Gasteiger partial charge in [-0.2, -0.15) is 13.2 Å². The Morgan fingerprint density at radius 2 is 2.00 bits per heavy atom. The summed E-state index contributed by atoms with van der Waals surface area (Å²) in [6, 6.07) is 3.09. The number of alkyl halides is 3. The maximum Gasteiger partial charge on any atom is 0.416 e. The third-order valence-electron chi connectivity index (χ3n) is 3.24. The van der Waals surface area contributed by atoms with E-state index >= 15 is 0 Å². The van der Waals surface area contributed by atoms with Gasteiger partial charge in [0, 0.05) is 4.47 Å². The minimum atomic E-state index is -4.45. The zero-order chi connectivity index (χ0) is 14.3. The number of halogens is 4. The van der Waals surface area contributed by atoms with Gasteiger partial charge < -0.3 is 11.1 Å². The second-order valence-electron chi connectivity index (χ2n) is 4.66. The van der Waals surface area contributed by atoms with Gasteiger partial charge in [-0.3, -0.25) is 4.79 Å². The van der Waals surface area contributed by atoms with E-state index in [2.05, 4.69) is 21.2 Å². The first-order valence-corrected chi connectivity index (χ1v) is 6.49. The molecule has 0 saturated heterocycles. The zero-order valence-corrected chi connectivity index (χ0v) is 11.4. The number of carbonyl (C=O) groups excluding carboxylic acids is 1. The van der Waals surface area contributed by atoms with Crippen LogP contribution in [-0.4, -0.2) is 11.4 Å². The summed E-state index contributed by atoms with van der Waals surface area (Å²) in [6.45, 7) is 0. The Hall–Kier alpha value is -1.08. The number of hydrogen-bond acceptors (Lipinski definition) is 2. The minimum Gasteiger partial charge on any atom is -0.323 e. The highest BCUT2D eigenvalue weighted by atomic mass is 79.9. The van der Waals surface area contributed by atoms with E-state index < -0.39 is 23.2 Å². The molecule has 1 fully saturated rings. The molecule has 19 heavy (non-hydrogen) atoms. The predicted octanol–water partition coefficient (Wildman–Crippen LogP) is 3.29. The highest BCUT2D eigenvalue weighted by molar-refractivity contribution is 9.10. The Bertz CT molecular complexity index is 512. The second kappa shape index (κ2) is 4.79. The van der Waals surface area contributed by atoms with Crippen molar-refractivity contribution >= 4 is 27.5 Å². The molecule has 0 radical (unpaired) electrons. The molecule has 0 bridgehead atoms. The van der Waals surface area contributed by atoms with E-state index in [1.807, 2.05) is 0 Å². The third kappa shape index (κ3) is 2.92. The zero-order valence-electron chi connectivity index (χ0n) is 9.85. The number of carbonyl (C=O) groups is 1. The average Bonchev–Trinajstić information content (AvgIpc) is 2.27. The van der Waals surface area contributed by atoms with Crippen molar-refractivity contribution in [1.82, 2.24) is 0 Å². The van der Waals surface area contributed by atoms with E-state index in [1.165, 1.54) is 6.07 Å². The van der Waals surface area contributed by atoms with Crippen LogP contribution in [0.1, 0.15) is 24.8 Å². The van der Waals surface area contributed by atoms with Crippen LogP contribution in [0.25, 0.3) is 0 Å². The summed E-state index contributed by atoms with van der Waals surface area (Å²) in [4.78, 5) is 11.9. The van der Waals surface area contributed by atoms with Crippen LogP contribution < -0.4 is 11.1 Å². The summed E-state index contributed by atoms with van der Waals surface area (Å²) in [7, 11) is 0. The molecular formula is C12H12BrF3N2O. The fraction of sp³-hybridized carbons (Fsp3) is 0.417. The van der Waals surface area contributed by atoms with Gasteiger partial charge in [0.25, 0.3) is 0 Å². The monoisotopic (exact) mass is 336 g/mol. The molecule has 1 saturated carbocycles. The average molecular weight is 337 g/mol. The first-order chi connectivity index (χ1) is 8.72. The molecule has 104 valence electrons. The molecule has 0 heterocycles. The van der Waals surface area contributed by atoms with Crippen LogP contribution in [0.4, 0.5) is 18.9 Å². The molecule has 0 unspecified atom stereocenters. The van der Waals surface area contributed by atoms with Crippen LogP contribution in [0.15, 0.2) is 22.7 Å². The van der Waals surface area contributed by atoms with E-state index in [-0.39, 0.29) is 5.69 Å². The van der Waals surface area contributed by atoms with Crippen LogP contribution in [0.3, 0.4) is 0 Å². The third-order valence-corrected chi connectivity index (χ3v) is 3.93. The lowest BCUT2D eigenvalue weighted by molar-refractivity contribution is -0.137. The number of benzene rings is 1. The highest BCUT2D eigenvalue weighted by Crippen LogP contribution is 2.35. The Morgan fingerprint density at radius 1 is 1.37 bits per heavy atom. The van der Waals surface area contributed by atoms with Crippen LogP contribution >= 0.6 is 15.9 Å². The molecule has 1 aromatic carbocycles. The standard InChI is InChI=1S/C12H12BrF3N2O/c13-8-3-2-7(12(14,15)16)6-9(8)18-10(19)11(17)4-1-5-11/h2-3,6H,1,4-5,17H2,(H,18,19). The van der Waals surface area contributed by atoms with Crippen molar-refractivity contribution in [1.29, 1.82) is 0 Å². The van der Waals surface area contributed by atoms with Crippen LogP contribution in [0, 0.1) is 0 Å². The molecule has 1 aliphatic rings. The van der Waals surface area contributed by atoms with Gasteiger partial charge in [-0.1, -0.05) is 0 Å². The summed E-state index contributed by atoms with van der Waals surface area (Å²) >= 11 is 3.11. The lowest BCUT2D eigenvalue weighted by Gasteiger charge is -2.36. The molecule has 1 aliphatic carbocycles. The summed E-state index contributed by atoms with van der Waals surface area (Å²) in [6.07, 6.45) is -2.49. The maximum atomic E-state index is 12.6. The summed E-state index contributed by atoms with van der Waals surface area (Å²) in [5.41, 5.74) is 4.13. The molecule has 3 nitrogen and oxygen atoms in total. The Morgan fingerprint density at radius 3 is 2.47 bits per heavy atom. The van der Waals surface area contributed by atoms with Gasteiger partial charge in [0.15, 0.2) is 0 Å². The molecule has 1 aromatic rings. The SMILES string of the molecule is NC1(C(=O)Nc2cc(C(F)(F)F)ccc2Br)CCC1. The van der Waals surface area contributed by atoms with Gasteiger partial charge in [-0.25, -0.2) is 0 Å². The second-order valence-corrected chi connectivity index (χ2v) is 5.51. The Balaban J connectivity index is 2.22. The van der Waals surface area contributed by atoms with E-state index in [0.29, 0.717) is 17.3 Å². The number of amides is 1. The molecule has 0 spiro atoms. The van der Waals surface area contributed by atoms with Crippen LogP contribution in [0.2, 0.25) is 0 Å². The predicted molar refractivity (Wildman–Crippen MR) is 68.5 cm³/mol. The van der Waals surface area contributed by atoms with Gasteiger partial charge in [0.1, 0.15) is 0 Å². The molecule has 1 amide bonds. The number of hydrogen-bond donors (Lipinski definition) is 2. The molecule has 3 N–H and O–H groups in total. The molecule has 0 aromatic heterocycles. The van der Waals surface area contributed by atoms with Gasteiger partial charge in [-0.15, -0.1) is 0 Å². The Kier molecular flexibility index (Phi) is 3.61. The smallest absolute Gasteiger partial charge is 0.323 e. The minimum absolute atomic E-state index is 0.0801. The van der Waals surface area contributed by atoms with E-state index in [0.717, 1.165) is 18.6 Å². The van der Waals surface area contributed by atoms with Crippen molar-refractivity contribution in [2.45, 2.75) is 31.0 Å². The fourth-order valence-corrected chi connectivity index (χ4v) is 2.17. The number of anilines is 1. The van der Waals surface area contributed by atoms with Crippen molar-refractivity contribution < 1.29 is 18.0 Å². The van der Waals surface area contributed by atoms with Crippen LogP contribution in [-0.2, 0) is 11.0 Å². The number of nitrogens with one attached hydrogen (secondary N) is 1. The van der Waals surface area contributed by atoms with E-state index in [1.54, 1.807) is 0 Å². The quantitative estimate of drug-likeness (QED) is 0.870. The lowest BCUT2D eigenvalue weighted by atomic mass is 9.77. The fourth-order valence-electron chi connectivity index (χ4n) is 1.83. The molecule has 0 aliphatic heterocycles. The van der Waals surface area contributed by atoms with Gasteiger partial charge in [0.2, 0.25) is 5.91 Å². The van der Waals surface area contributed by atoms with Crippen molar-refractivity contribution in [2.75, 3.05) is 5.32 Å². The van der Waals surface area contributed by atoms with Crippen molar-refractivity contribution in [2.24, 2.45) is 5.73 Å². The molecule has 0 atom stereocenters. The maximum absolute atomic E-state index is 12.6. The summed E-state index contributed by atoms with van der Waals surface area (Å²) in [5, 5.41) is 2.45. The number of rotatable bonds is 2. The Labute approximate surface area is 116 Å². The first-order valence-electron chi connectivity index (χ1n) is 5.69. The summed E-state index contributed by atoms with van der Waals surface area (Å²) < 4.78 is 38.2.